The summed E-state index contributed by atoms with van der Waals surface area (Å²) in [6.07, 6.45) is 0. The summed E-state index contributed by atoms with van der Waals surface area (Å²) in [7, 11) is -4.08. The highest BCUT2D eigenvalue weighted by Gasteiger charge is 2.21. The Balaban J connectivity index is 2.47. The number of nitrogen functional groups attached to an aromatic ring is 1. The first-order valence-corrected chi connectivity index (χ1v) is 7.99. The van der Waals surface area contributed by atoms with Crippen LogP contribution in [0, 0.1) is 12.7 Å². The van der Waals surface area contributed by atoms with Gasteiger partial charge in [-0.1, -0.05) is 29.3 Å². The van der Waals surface area contributed by atoms with Crippen LogP contribution in [0.25, 0.3) is 0 Å². The molecule has 21 heavy (non-hydrogen) atoms. The van der Waals surface area contributed by atoms with Crippen LogP contribution in [0.1, 0.15) is 5.56 Å². The molecule has 0 aliphatic rings. The smallest absolute Gasteiger partial charge is 0.264 e. The zero-order chi connectivity index (χ0) is 15.8. The molecular weight excluding hydrogens is 338 g/mol. The fourth-order valence-electron chi connectivity index (χ4n) is 1.68. The molecule has 4 nitrogen and oxygen atoms in total. The number of halogens is 3. The molecule has 0 saturated carbocycles. The van der Waals surface area contributed by atoms with Gasteiger partial charge in [0, 0.05) is 5.02 Å². The van der Waals surface area contributed by atoms with Gasteiger partial charge in [0.2, 0.25) is 0 Å². The molecule has 0 aromatic heterocycles. The Hall–Kier alpha value is -1.50. The second-order valence-electron chi connectivity index (χ2n) is 4.34. The summed E-state index contributed by atoms with van der Waals surface area (Å²) in [6, 6.07) is 6.43. The first-order valence-electron chi connectivity index (χ1n) is 5.75. The molecular formula is C13H11Cl2FN2O2S. The van der Waals surface area contributed by atoms with E-state index in [9.17, 15) is 12.8 Å². The molecule has 0 aliphatic carbocycles. The number of hydrogen-bond acceptors (Lipinski definition) is 3. The third-order valence-corrected chi connectivity index (χ3v) is 4.94. The van der Waals surface area contributed by atoms with Gasteiger partial charge in [0.1, 0.15) is 10.7 Å². The third-order valence-electron chi connectivity index (χ3n) is 2.80. The number of para-hydroxylation sites is 1. The van der Waals surface area contributed by atoms with E-state index in [2.05, 4.69) is 4.72 Å². The molecule has 0 fully saturated rings. The molecule has 0 unspecified atom stereocenters. The van der Waals surface area contributed by atoms with E-state index in [4.69, 9.17) is 28.9 Å². The predicted molar refractivity (Wildman–Crippen MR) is 82.8 cm³/mol. The topological polar surface area (TPSA) is 72.2 Å². The van der Waals surface area contributed by atoms with E-state index in [1.54, 1.807) is 6.92 Å². The Morgan fingerprint density at radius 2 is 1.86 bits per heavy atom. The molecule has 0 bridgehead atoms. The van der Waals surface area contributed by atoms with Crippen molar-refractivity contribution in [2.24, 2.45) is 0 Å². The van der Waals surface area contributed by atoms with Crippen LogP contribution in [-0.4, -0.2) is 8.42 Å². The molecule has 0 heterocycles. The van der Waals surface area contributed by atoms with Crippen LogP contribution in [0.3, 0.4) is 0 Å². The van der Waals surface area contributed by atoms with Crippen LogP contribution >= 0.6 is 23.2 Å². The van der Waals surface area contributed by atoms with Gasteiger partial charge < -0.3 is 5.73 Å². The summed E-state index contributed by atoms with van der Waals surface area (Å²) in [5, 5.41) is 0.528. The maximum atomic E-state index is 13.4. The Bertz CT molecular complexity index is 810. The van der Waals surface area contributed by atoms with Gasteiger partial charge in [-0.2, -0.15) is 0 Å². The highest BCUT2D eigenvalue weighted by molar-refractivity contribution is 7.92. The molecule has 0 atom stereocenters. The van der Waals surface area contributed by atoms with Crippen LogP contribution in [0.15, 0.2) is 35.2 Å². The quantitative estimate of drug-likeness (QED) is 0.828. The van der Waals surface area contributed by atoms with Crippen molar-refractivity contribution in [2.75, 3.05) is 10.5 Å². The summed E-state index contributed by atoms with van der Waals surface area (Å²) in [5.74, 6) is -0.814. The maximum Gasteiger partial charge on any atom is 0.264 e. The van der Waals surface area contributed by atoms with Gasteiger partial charge in [-0.05, 0) is 36.8 Å². The van der Waals surface area contributed by atoms with Crippen molar-refractivity contribution in [3.05, 3.63) is 51.8 Å². The minimum atomic E-state index is -4.08. The molecule has 2 aromatic rings. The minimum absolute atomic E-state index is 0.0935. The Kier molecular flexibility index (Phi) is 4.32. The van der Waals surface area contributed by atoms with Gasteiger partial charge in [-0.25, -0.2) is 12.8 Å². The summed E-state index contributed by atoms with van der Waals surface area (Å²) in [5.41, 5.74) is 5.80. The summed E-state index contributed by atoms with van der Waals surface area (Å²) in [6.45, 7) is 1.73. The lowest BCUT2D eigenvalue weighted by molar-refractivity contribution is 0.597. The molecule has 0 radical (unpaired) electrons. The SMILES string of the molecule is Cc1cc(Cl)c(NS(=O)(=O)c2cccc(F)c2N)cc1Cl. The standard InChI is InChI=1S/C13H11Cl2FN2O2S/c1-7-5-9(15)11(6-8(7)14)18-21(19,20)12-4-2-3-10(16)13(12)17/h2-6,18H,17H2,1H3. The fourth-order valence-corrected chi connectivity index (χ4v) is 3.37. The van der Waals surface area contributed by atoms with E-state index in [1.807, 2.05) is 0 Å². The number of sulfonamides is 1. The second kappa shape index (κ2) is 5.71. The zero-order valence-electron chi connectivity index (χ0n) is 10.8. The number of aryl methyl sites for hydroxylation is 1. The number of hydrogen-bond donors (Lipinski definition) is 2. The van der Waals surface area contributed by atoms with E-state index in [0.717, 1.165) is 6.07 Å². The number of nitrogens with one attached hydrogen (secondary N) is 1. The monoisotopic (exact) mass is 348 g/mol. The van der Waals surface area contributed by atoms with Gasteiger partial charge in [0.25, 0.3) is 10.0 Å². The Labute approximate surface area is 131 Å². The van der Waals surface area contributed by atoms with Gasteiger partial charge in [0.15, 0.2) is 0 Å². The molecule has 0 amide bonds. The van der Waals surface area contributed by atoms with Crippen LogP contribution in [0.4, 0.5) is 15.8 Å². The van der Waals surface area contributed by atoms with Gasteiger partial charge in [0.05, 0.1) is 16.4 Å². The van der Waals surface area contributed by atoms with E-state index in [0.29, 0.717) is 10.6 Å². The normalized spacial score (nSPS) is 11.4. The summed E-state index contributed by atoms with van der Waals surface area (Å²) in [4.78, 5) is -0.365. The fraction of sp³-hybridized carbons (Fsp3) is 0.0769. The van der Waals surface area contributed by atoms with Crippen LogP contribution < -0.4 is 10.5 Å². The van der Waals surface area contributed by atoms with Crippen LogP contribution in [0.2, 0.25) is 10.0 Å². The van der Waals surface area contributed by atoms with Gasteiger partial charge in [-0.3, -0.25) is 4.72 Å². The first-order chi connectivity index (χ1) is 9.72. The summed E-state index contributed by atoms with van der Waals surface area (Å²) >= 11 is 11.9. The Morgan fingerprint density at radius 3 is 2.52 bits per heavy atom. The molecule has 2 rings (SSSR count). The van der Waals surface area contributed by atoms with Crippen molar-refractivity contribution in [1.82, 2.24) is 0 Å². The molecule has 0 aliphatic heterocycles. The largest absolute Gasteiger partial charge is 0.395 e. The second-order valence-corrected chi connectivity index (χ2v) is 6.80. The van der Waals surface area contributed by atoms with Gasteiger partial charge >= 0.3 is 0 Å². The van der Waals surface area contributed by atoms with Gasteiger partial charge in [-0.15, -0.1) is 0 Å². The number of rotatable bonds is 3. The predicted octanol–water partition coefficient (Wildman–Crippen LogP) is 3.82. The molecule has 3 N–H and O–H groups in total. The number of anilines is 2. The zero-order valence-corrected chi connectivity index (χ0v) is 13.2. The Morgan fingerprint density at radius 1 is 1.19 bits per heavy atom. The molecule has 2 aromatic carbocycles. The average Bonchev–Trinajstić information content (AvgIpc) is 2.38. The number of nitrogens with two attached hydrogens (primary N) is 1. The van der Waals surface area contributed by atoms with E-state index in [1.165, 1.54) is 24.3 Å². The van der Waals surface area contributed by atoms with Crippen molar-refractivity contribution >= 4 is 44.6 Å². The van der Waals surface area contributed by atoms with Crippen LogP contribution in [-0.2, 0) is 10.0 Å². The minimum Gasteiger partial charge on any atom is -0.395 e. The lowest BCUT2D eigenvalue weighted by Crippen LogP contribution is -2.15. The summed E-state index contributed by atoms with van der Waals surface area (Å²) < 4.78 is 40.2. The third kappa shape index (κ3) is 3.23. The van der Waals surface area contributed by atoms with E-state index < -0.39 is 21.5 Å². The average molecular weight is 349 g/mol. The highest BCUT2D eigenvalue weighted by Crippen LogP contribution is 2.31. The maximum absolute atomic E-state index is 13.4. The van der Waals surface area contributed by atoms with Crippen molar-refractivity contribution in [2.45, 2.75) is 11.8 Å². The molecule has 0 spiro atoms. The van der Waals surface area contributed by atoms with Crippen molar-refractivity contribution in [3.63, 3.8) is 0 Å². The van der Waals surface area contributed by atoms with Crippen molar-refractivity contribution < 1.29 is 12.8 Å². The molecule has 112 valence electrons. The highest BCUT2D eigenvalue weighted by atomic mass is 35.5. The first kappa shape index (κ1) is 15.9. The lowest BCUT2D eigenvalue weighted by Gasteiger charge is -2.12. The van der Waals surface area contributed by atoms with Crippen LogP contribution in [0.5, 0.6) is 0 Å². The molecule has 8 heteroatoms. The number of benzene rings is 2. The van der Waals surface area contributed by atoms with Crippen molar-refractivity contribution in [1.29, 1.82) is 0 Å². The van der Waals surface area contributed by atoms with Crippen molar-refractivity contribution in [3.8, 4) is 0 Å². The lowest BCUT2D eigenvalue weighted by atomic mass is 10.2. The molecule has 0 saturated heterocycles. The van der Waals surface area contributed by atoms with E-state index >= 15 is 0 Å². The van der Waals surface area contributed by atoms with E-state index in [-0.39, 0.29) is 15.6 Å².